The van der Waals surface area contributed by atoms with Gasteiger partial charge >= 0.3 is 0 Å². The summed E-state index contributed by atoms with van der Waals surface area (Å²) in [4.78, 5) is 12.0. The minimum absolute atomic E-state index is 0.0474. The van der Waals surface area contributed by atoms with Crippen LogP contribution in [0.1, 0.15) is 12.0 Å². The van der Waals surface area contributed by atoms with Gasteiger partial charge in [0.05, 0.1) is 23.6 Å². The highest BCUT2D eigenvalue weighted by Gasteiger charge is 2.27. The third-order valence-corrected chi connectivity index (χ3v) is 5.82. The number of nitrogens with zero attached hydrogens (tertiary/aromatic N) is 2. The highest BCUT2D eigenvalue weighted by molar-refractivity contribution is 7.91. The highest BCUT2D eigenvalue weighted by atomic mass is 32.2. The van der Waals surface area contributed by atoms with Crippen molar-refractivity contribution in [3.05, 3.63) is 48.3 Å². The Morgan fingerprint density at radius 2 is 2.09 bits per heavy atom. The molecule has 23 heavy (non-hydrogen) atoms. The summed E-state index contributed by atoms with van der Waals surface area (Å²) in [5.74, 6) is 0.390. The minimum Gasteiger partial charge on any atom is -0.356 e. The van der Waals surface area contributed by atoms with Gasteiger partial charge in [-0.1, -0.05) is 12.1 Å². The third kappa shape index (κ3) is 4.19. The molecule has 2 heterocycles. The Morgan fingerprint density at radius 3 is 2.70 bits per heavy atom. The van der Waals surface area contributed by atoms with Gasteiger partial charge in [0.2, 0.25) is 5.91 Å². The standard InChI is InChI=1S/C16H19N3O3S/c20-16(17-11-14-6-9-23(21,22)12-14)10-13-2-4-15(5-3-13)19-8-1-7-18-19/h1-5,7-8,14H,6,9-12H2,(H,17,20)/t14-/m0/s1. The van der Waals surface area contributed by atoms with Crippen LogP contribution in [-0.4, -0.2) is 42.2 Å². The summed E-state index contributed by atoms with van der Waals surface area (Å²) in [6.45, 7) is 0.434. The van der Waals surface area contributed by atoms with E-state index in [1.54, 1.807) is 10.9 Å². The van der Waals surface area contributed by atoms with Crippen LogP contribution < -0.4 is 5.32 Å². The molecule has 1 fully saturated rings. The summed E-state index contributed by atoms with van der Waals surface area (Å²) in [6, 6.07) is 9.48. The van der Waals surface area contributed by atoms with Gasteiger partial charge < -0.3 is 5.32 Å². The molecule has 0 aliphatic carbocycles. The Hall–Kier alpha value is -2.15. The van der Waals surface area contributed by atoms with Crippen LogP contribution in [-0.2, 0) is 21.1 Å². The zero-order valence-corrected chi connectivity index (χ0v) is 13.5. The molecule has 2 aromatic rings. The number of carbonyl (C=O) groups excluding carboxylic acids is 1. The van der Waals surface area contributed by atoms with Crippen molar-refractivity contribution < 1.29 is 13.2 Å². The van der Waals surface area contributed by atoms with E-state index in [2.05, 4.69) is 10.4 Å². The lowest BCUT2D eigenvalue weighted by Crippen LogP contribution is -2.31. The lowest BCUT2D eigenvalue weighted by molar-refractivity contribution is -0.120. The maximum absolute atomic E-state index is 12.0. The average molecular weight is 333 g/mol. The molecule has 1 amide bonds. The van der Waals surface area contributed by atoms with E-state index < -0.39 is 9.84 Å². The maximum atomic E-state index is 12.0. The first-order chi connectivity index (χ1) is 11.0. The fraction of sp³-hybridized carbons (Fsp3) is 0.375. The molecule has 3 rings (SSSR count). The second-order valence-electron chi connectivity index (χ2n) is 5.87. The fourth-order valence-corrected chi connectivity index (χ4v) is 4.59. The zero-order valence-electron chi connectivity index (χ0n) is 12.7. The predicted molar refractivity (Wildman–Crippen MR) is 87.0 cm³/mol. The van der Waals surface area contributed by atoms with Gasteiger partial charge in [-0.3, -0.25) is 4.79 Å². The van der Waals surface area contributed by atoms with Gasteiger partial charge in [-0.05, 0) is 36.1 Å². The molecule has 0 spiro atoms. The van der Waals surface area contributed by atoms with Crippen molar-refractivity contribution in [2.24, 2.45) is 5.92 Å². The molecule has 1 aromatic carbocycles. The Bertz CT molecular complexity index is 767. The number of carbonyl (C=O) groups is 1. The number of hydrogen-bond donors (Lipinski definition) is 1. The largest absolute Gasteiger partial charge is 0.356 e. The molecule has 0 radical (unpaired) electrons. The van der Waals surface area contributed by atoms with Crippen LogP contribution in [0.2, 0.25) is 0 Å². The predicted octanol–water partition coefficient (Wildman–Crippen LogP) is 0.966. The molecule has 7 heteroatoms. The van der Waals surface area contributed by atoms with Crippen molar-refractivity contribution in [2.45, 2.75) is 12.8 Å². The molecular weight excluding hydrogens is 314 g/mol. The molecule has 1 saturated heterocycles. The van der Waals surface area contributed by atoms with Crippen molar-refractivity contribution >= 4 is 15.7 Å². The fourth-order valence-electron chi connectivity index (χ4n) is 2.73. The Labute approximate surface area is 135 Å². The maximum Gasteiger partial charge on any atom is 0.224 e. The van der Waals surface area contributed by atoms with Gasteiger partial charge in [-0.2, -0.15) is 5.10 Å². The van der Waals surface area contributed by atoms with Gasteiger partial charge in [0, 0.05) is 18.9 Å². The van der Waals surface area contributed by atoms with Crippen LogP contribution in [0.15, 0.2) is 42.7 Å². The molecule has 6 nitrogen and oxygen atoms in total. The topological polar surface area (TPSA) is 81.1 Å². The van der Waals surface area contributed by atoms with Crippen LogP contribution in [0.4, 0.5) is 0 Å². The van der Waals surface area contributed by atoms with Crippen molar-refractivity contribution in [1.29, 1.82) is 0 Å². The Kier molecular flexibility index (Phi) is 4.47. The zero-order chi connectivity index (χ0) is 16.3. The first-order valence-corrected chi connectivity index (χ1v) is 9.40. The molecule has 1 aliphatic heterocycles. The smallest absolute Gasteiger partial charge is 0.224 e. The Morgan fingerprint density at radius 1 is 1.30 bits per heavy atom. The van der Waals surface area contributed by atoms with E-state index in [9.17, 15) is 13.2 Å². The van der Waals surface area contributed by atoms with Crippen molar-refractivity contribution in [1.82, 2.24) is 15.1 Å². The van der Waals surface area contributed by atoms with Gasteiger partial charge in [-0.25, -0.2) is 13.1 Å². The summed E-state index contributed by atoms with van der Waals surface area (Å²) in [6.07, 6.45) is 4.50. The van der Waals surface area contributed by atoms with E-state index >= 15 is 0 Å². The van der Waals surface area contributed by atoms with Crippen LogP contribution in [0.25, 0.3) is 5.69 Å². The molecule has 1 aliphatic rings. The second-order valence-corrected chi connectivity index (χ2v) is 8.10. The molecule has 122 valence electrons. The number of aromatic nitrogens is 2. The number of sulfone groups is 1. The highest BCUT2D eigenvalue weighted by Crippen LogP contribution is 2.17. The first kappa shape index (κ1) is 15.7. The third-order valence-electron chi connectivity index (χ3n) is 3.98. The van der Waals surface area contributed by atoms with Gasteiger partial charge in [0.1, 0.15) is 0 Å². The van der Waals surface area contributed by atoms with Crippen molar-refractivity contribution in [3.8, 4) is 5.69 Å². The minimum atomic E-state index is -2.89. The molecule has 1 aromatic heterocycles. The van der Waals surface area contributed by atoms with Crippen molar-refractivity contribution in [2.75, 3.05) is 18.1 Å². The van der Waals surface area contributed by atoms with E-state index in [0.717, 1.165) is 11.3 Å². The lowest BCUT2D eigenvalue weighted by atomic mass is 10.1. The second kappa shape index (κ2) is 6.54. The average Bonchev–Trinajstić information content (AvgIpc) is 3.15. The first-order valence-electron chi connectivity index (χ1n) is 7.58. The number of rotatable bonds is 5. The van der Waals surface area contributed by atoms with Gasteiger partial charge in [-0.15, -0.1) is 0 Å². The van der Waals surface area contributed by atoms with Gasteiger partial charge in [0.15, 0.2) is 9.84 Å². The van der Waals surface area contributed by atoms with E-state index in [1.165, 1.54) is 0 Å². The molecule has 0 bridgehead atoms. The molecular formula is C16H19N3O3S. The summed E-state index contributed by atoms with van der Waals surface area (Å²) >= 11 is 0. The lowest BCUT2D eigenvalue weighted by Gasteiger charge is -2.10. The number of nitrogens with one attached hydrogen (secondary N) is 1. The number of amides is 1. The molecule has 1 N–H and O–H groups in total. The summed E-state index contributed by atoms with van der Waals surface area (Å²) in [5, 5.41) is 6.98. The summed E-state index contributed by atoms with van der Waals surface area (Å²) < 4.78 is 24.5. The van der Waals surface area contributed by atoms with Crippen LogP contribution in [0.3, 0.4) is 0 Å². The van der Waals surface area contributed by atoms with E-state index in [1.807, 2.05) is 36.5 Å². The van der Waals surface area contributed by atoms with E-state index in [0.29, 0.717) is 19.4 Å². The normalized spacial score (nSPS) is 19.6. The van der Waals surface area contributed by atoms with Crippen LogP contribution in [0, 0.1) is 5.92 Å². The number of benzene rings is 1. The van der Waals surface area contributed by atoms with Crippen LogP contribution >= 0.6 is 0 Å². The van der Waals surface area contributed by atoms with E-state index in [-0.39, 0.29) is 23.3 Å². The van der Waals surface area contributed by atoms with Crippen molar-refractivity contribution in [3.63, 3.8) is 0 Å². The summed E-state index contributed by atoms with van der Waals surface area (Å²) in [5.41, 5.74) is 1.85. The SMILES string of the molecule is O=C(Cc1ccc(-n2cccn2)cc1)NC[C@@H]1CCS(=O)(=O)C1. The van der Waals surface area contributed by atoms with Crippen LogP contribution in [0.5, 0.6) is 0 Å². The summed E-state index contributed by atoms with van der Waals surface area (Å²) in [7, 11) is -2.89. The molecule has 0 saturated carbocycles. The Balaban J connectivity index is 1.50. The van der Waals surface area contributed by atoms with E-state index in [4.69, 9.17) is 0 Å². The van der Waals surface area contributed by atoms with Gasteiger partial charge in [0.25, 0.3) is 0 Å². The molecule has 1 atom stereocenters. The number of hydrogen-bond acceptors (Lipinski definition) is 4. The quantitative estimate of drug-likeness (QED) is 0.884. The monoisotopic (exact) mass is 333 g/mol. The molecule has 0 unspecified atom stereocenters.